The van der Waals surface area contributed by atoms with Crippen LogP contribution in [0.15, 0.2) is 53.4 Å². The Balaban J connectivity index is 1.81. The largest absolute Gasteiger partial charge is 0.491 e. The van der Waals surface area contributed by atoms with Crippen molar-refractivity contribution in [1.82, 2.24) is 0 Å². The van der Waals surface area contributed by atoms with Crippen LogP contribution in [0.25, 0.3) is 6.08 Å². The average molecular weight is 384 g/mol. The quantitative estimate of drug-likeness (QED) is 0.498. The molecule has 3 nitrogen and oxygen atoms in total. The second-order valence-corrected chi connectivity index (χ2v) is 7.89. The summed E-state index contributed by atoms with van der Waals surface area (Å²) in [6, 6.07) is 15.5. The fraction of sp³-hybridized carbons (Fsp3) is 0.238. The minimum atomic E-state index is -0.0748. The molecule has 0 aromatic heterocycles. The zero-order valence-electron chi connectivity index (χ0n) is 15.1. The van der Waals surface area contributed by atoms with E-state index in [-0.39, 0.29) is 12.0 Å². The van der Waals surface area contributed by atoms with Crippen LogP contribution >= 0.6 is 24.0 Å². The fourth-order valence-corrected chi connectivity index (χ4v) is 3.88. The molecule has 1 atom stereocenters. The third kappa shape index (κ3) is 4.00. The minimum absolute atomic E-state index is 0.0748. The third-order valence-electron chi connectivity index (χ3n) is 4.24. The molecule has 1 amide bonds. The van der Waals surface area contributed by atoms with Crippen molar-refractivity contribution in [1.29, 1.82) is 0 Å². The zero-order valence-corrected chi connectivity index (χ0v) is 16.7. The third-order valence-corrected chi connectivity index (χ3v) is 5.54. The number of benzene rings is 2. The first-order valence-electron chi connectivity index (χ1n) is 8.60. The molecule has 0 bridgehead atoms. The van der Waals surface area contributed by atoms with E-state index >= 15 is 0 Å². The molecule has 0 saturated carbocycles. The van der Waals surface area contributed by atoms with E-state index in [1.807, 2.05) is 68.5 Å². The summed E-state index contributed by atoms with van der Waals surface area (Å²) in [6.45, 7) is 6.12. The van der Waals surface area contributed by atoms with Crippen molar-refractivity contribution in [2.24, 2.45) is 0 Å². The van der Waals surface area contributed by atoms with Gasteiger partial charge in [-0.25, -0.2) is 0 Å². The lowest BCUT2D eigenvalue weighted by Gasteiger charge is -2.16. The Labute approximate surface area is 164 Å². The molecule has 134 valence electrons. The van der Waals surface area contributed by atoms with Gasteiger partial charge in [0.05, 0.1) is 16.7 Å². The second kappa shape index (κ2) is 8.06. The highest BCUT2D eigenvalue weighted by atomic mass is 32.2. The molecule has 1 heterocycles. The molecular weight excluding hydrogens is 362 g/mol. The van der Waals surface area contributed by atoms with Gasteiger partial charge in [0.15, 0.2) is 4.32 Å². The van der Waals surface area contributed by atoms with Gasteiger partial charge in [0.25, 0.3) is 5.91 Å². The molecule has 0 radical (unpaired) electrons. The molecule has 0 spiro atoms. The highest BCUT2D eigenvalue weighted by Crippen LogP contribution is 2.37. The van der Waals surface area contributed by atoms with Crippen LogP contribution in [0.1, 0.15) is 31.4 Å². The van der Waals surface area contributed by atoms with Gasteiger partial charge in [-0.05, 0) is 55.7 Å². The molecule has 0 N–H and O–H groups in total. The first kappa shape index (κ1) is 18.7. The van der Waals surface area contributed by atoms with Crippen LogP contribution in [0.5, 0.6) is 5.75 Å². The van der Waals surface area contributed by atoms with Crippen molar-refractivity contribution in [3.8, 4) is 5.75 Å². The first-order valence-corrected chi connectivity index (χ1v) is 9.82. The number of carbonyl (C=O) groups is 1. The number of aryl methyl sites for hydroxylation is 1. The van der Waals surface area contributed by atoms with Gasteiger partial charge in [-0.3, -0.25) is 9.69 Å². The predicted molar refractivity (Wildman–Crippen MR) is 114 cm³/mol. The zero-order chi connectivity index (χ0) is 18.7. The van der Waals surface area contributed by atoms with E-state index in [0.717, 1.165) is 29.0 Å². The monoisotopic (exact) mass is 383 g/mol. The van der Waals surface area contributed by atoms with E-state index in [2.05, 4.69) is 6.92 Å². The van der Waals surface area contributed by atoms with E-state index in [4.69, 9.17) is 17.0 Å². The summed E-state index contributed by atoms with van der Waals surface area (Å²) in [5.74, 6) is 0.762. The summed E-state index contributed by atoms with van der Waals surface area (Å²) < 4.78 is 6.36. The van der Waals surface area contributed by atoms with Gasteiger partial charge in [0, 0.05) is 0 Å². The number of thioether (sulfide) groups is 1. The summed E-state index contributed by atoms with van der Waals surface area (Å²) in [6.07, 6.45) is 3.03. The predicted octanol–water partition coefficient (Wildman–Crippen LogP) is 5.58. The van der Waals surface area contributed by atoms with Crippen molar-refractivity contribution in [2.75, 3.05) is 4.90 Å². The van der Waals surface area contributed by atoms with E-state index in [9.17, 15) is 4.79 Å². The van der Waals surface area contributed by atoms with Crippen LogP contribution in [-0.4, -0.2) is 16.3 Å². The molecule has 1 saturated heterocycles. The maximum atomic E-state index is 12.8. The number of para-hydroxylation sites is 1. The molecule has 2 aromatic carbocycles. The highest BCUT2D eigenvalue weighted by Gasteiger charge is 2.33. The van der Waals surface area contributed by atoms with Crippen LogP contribution in [0.4, 0.5) is 5.69 Å². The van der Waals surface area contributed by atoms with Crippen molar-refractivity contribution in [3.05, 3.63) is 64.6 Å². The summed E-state index contributed by atoms with van der Waals surface area (Å²) in [4.78, 5) is 15.1. The molecule has 3 rings (SSSR count). The van der Waals surface area contributed by atoms with Crippen LogP contribution in [0, 0.1) is 6.92 Å². The summed E-state index contributed by atoms with van der Waals surface area (Å²) in [7, 11) is 0. The maximum absolute atomic E-state index is 12.8. The van der Waals surface area contributed by atoms with Crippen molar-refractivity contribution >= 4 is 46.0 Å². The Morgan fingerprint density at radius 2 is 1.88 bits per heavy atom. The fourth-order valence-electron chi connectivity index (χ4n) is 2.60. The Morgan fingerprint density at radius 1 is 1.19 bits per heavy atom. The number of carbonyl (C=O) groups excluding carboxylic acids is 1. The molecule has 0 aliphatic carbocycles. The molecule has 1 aliphatic heterocycles. The Bertz CT molecular complexity index is 859. The van der Waals surface area contributed by atoms with E-state index in [1.165, 1.54) is 11.8 Å². The lowest BCUT2D eigenvalue weighted by molar-refractivity contribution is -0.113. The Hall–Kier alpha value is -2.11. The minimum Gasteiger partial charge on any atom is -0.491 e. The molecular formula is C21H21NO2S2. The van der Waals surface area contributed by atoms with Crippen molar-refractivity contribution < 1.29 is 9.53 Å². The SMILES string of the molecule is CC[C@@H](C)Oc1ccc(/C=C2\SC(=S)N(c3ccccc3C)C2=O)cc1. The van der Waals surface area contributed by atoms with Crippen LogP contribution in [0.3, 0.4) is 0 Å². The summed E-state index contributed by atoms with van der Waals surface area (Å²) in [5, 5.41) is 0. The normalized spacial score (nSPS) is 17.0. The number of amides is 1. The van der Waals surface area contributed by atoms with E-state index < -0.39 is 0 Å². The Kier molecular flexibility index (Phi) is 5.79. The molecule has 5 heteroatoms. The second-order valence-electron chi connectivity index (χ2n) is 6.21. The number of rotatable bonds is 5. The van der Waals surface area contributed by atoms with Gasteiger partial charge >= 0.3 is 0 Å². The number of anilines is 1. The summed E-state index contributed by atoms with van der Waals surface area (Å²) >= 11 is 6.78. The average Bonchev–Trinajstić information content (AvgIpc) is 2.91. The number of thiocarbonyl (C=S) groups is 1. The number of ether oxygens (including phenoxy) is 1. The topological polar surface area (TPSA) is 29.5 Å². The molecule has 0 unspecified atom stereocenters. The van der Waals surface area contributed by atoms with Crippen LogP contribution in [-0.2, 0) is 4.79 Å². The van der Waals surface area contributed by atoms with E-state index in [1.54, 1.807) is 4.90 Å². The lowest BCUT2D eigenvalue weighted by Crippen LogP contribution is -2.28. The Morgan fingerprint density at radius 3 is 2.54 bits per heavy atom. The number of hydrogen-bond donors (Lipinski definition) is 0. The molecule has 1 aliphatic rings. The van der Waals surface area contributed by atoms with Gasteiger partial charge < -0.3 is 4.74 Å². The lowest BCUT2D eigenvalue weighted by atomic mass is 10.1. The standard InChI is InChI=1S/C21H21NO2S2/c1-4-15(3)24-17-11-9-16(10-12-17)13-19-20(23)22(21(25)26-19)18-8-6-5-7-14(18)2/h5-13,15H,4H2,1-3H3/b19-13-/t15-/m1/s1. The highest BCUT2D eigenvalue weighted by molar-refractivity contribution is 8.27. The number of hydrogen-bond acceptors (Lipinski definition) is 4. The van der Waals surface area contributed by atoms with Gasteiger partial charge in [0.1, 0.15) is 5.75 Å². The van der Waals surface area contributed by atoms with Crippen LogP contribution < -0.4 is 9.64 Å². The van der Waals surface area contributed by atoms with Crippen molar-refractivity contribution in [3.63, 3.8) is 0 Å². The van der Waals surface area contributed by atoms with Gasteiger partial charge in [-0.1, -0.05) is 61.2 Å². The summed E-state index contributed by atoms with van der Waals surface area (Å²) in [5.41, 5.74) is 2.82. The molecule has 1 fully saturated rings. The molecule has 26 heavy (non-hydrogen) atoms. The van der Waals surface area contributed by atoms with Gasteiger partial charge in [-0.2, -0.15) is 0 Å². The molecule has 2 aromatic rings. The van der Waals surface area contributed by atoms with Gasteiger partial charge in [0.2, 0.25) is 0 Å². The van der Waals surface area contributed by atoms with Gasteiger partial charge in [-0.15, -0.1) is 0 Å². The van der Waals surface area contributed by atoms with E-state index in [0.29, 0.717) is 9.23 Å². The smallest absolute Gasteiger partial charge is 0.270 e. The first-order chi connectivity index (χ1) is 12.5. The van der Waals surface area contributed by atoms with Crippen molar-refractivity contribution in [2.45, 2.75) is 33.3 Å². The maximum Gasteiger partial charge on any atom is 0.270 e. The van der Waals surface area contributed by atoms with Crippen LogP contribution in [0.2, 0.25) is 0 Å². The number of nitrogens with zero attached hydrogens (tertiary/aromatic N) is 1.